The minimum Gasteiger partial charge on any atom is -0.384 e. The Morgan fingerprint density at radius 2 is 2.00 bits per heavy atom. The highest BCUT2D eigenvalue weighted by atomic mass is 28.1. The van der Waals surface area contributed by atoms with Gasteiger partial charge in [-0.15, -0.1) is 0 Å². The van der Waals surface area contributed by atoms with E-state index in [1.165, 1.54) is 0 Å². The molecule has 0 unspecified atom stereocenters. The summed E-state index contributed by atoms with van der Waals surface area (Å²) in [4.78, 5) is 2.03. The zero-order chi connectivity index (χ0) is 4.99. The number of nitrogens with zero attached hydrogens (tertiary/aromatic N) is 1. The summed E-state index contributed by atoms with van der Waals surface area (Å²) in [5.74, 6) is 0. The van der Waals surface area contributed by atoms with Crippen LogP contribution in [0.3, 0.4) is 0 Å². The SMILES string of the molecule is CN(C)C=C[SiH3]. The van der Waals surface area contributed by atoms with Crippen molar-refractivity contribution in [3.8, 4) is 0 Å². The molecule has 0 aliphatic carbocycles. The molecule has 0 atom stereocenters. The summed E-state index contributed by atoms with van der Waals surface area (Å²) in [7, 11) is 5.21. The first-order valence-electron chi connectivity index (χ1n) is 2.06. The third-order valence-electron chi connectivity index (χ3n) is 0.447. The Bertz CT molecular complexity index is 49.5. The summed E-state index contributed by atoms with van der Waals surface area (Å²) in [5, 5.41) is 0. The van der Waals surface area contributed by atoms with E-state index < -0.39 is 0 Å². The van der Waals surface area contributed by atoms with Gasteiger partial charge in [0.1, 0.15) is 0 Å². The van der Waals surface area contributed by atoms with Crippen molar-refractivity contribution < 1.29 is 0 Å². The summed E-state index contributed by atoms with van der Waals surface area (Å²) in [6.07, 6.45) is 2.06. The molecule has 2 heteroatoms. The van der Waals surface area contributed by atoms with Crippen LogP contribution in [0.2, 0.25) is 0 Å². The lowest BCUT2D eigenvalue weighted by Gasteiger charge is -2.00. The largest absolute Gasteiger partial charge is 0.384 e. The highest BCUT2D eigenvalue weighted by molar-refractivity contribution is 6.16. The monoisotopic (exact) mass is 101 g/mol. The third kappa shape index (κ3) is 3.76. The van der Waals surface area contributed by atoms with Crippen molar-refractivity contribution in [1.29, 1.82) is 0 Å². The van der Waals surface area contributed by atoms with Gasteiger partial charge in [-0.25, -0.2) is 0 Å². The van der Waals surface area contributed by atoms with Crippen molar-refractivity contribution in [2.75, 3.05) is 14.1 Å². The van der Waals surface area contributed by atoms with Crippen LogP contribution in [0.25, 0.3) is 0 Å². The Hall–Kier alpha value is -0.243. The Morgan fingerprint density at radius 3 is 2.00 bits per heavy atom. The Labute approximate surface area is 42.1 Å². The average molecular weight is 101 g/mol. The van der Waals surface area contributed by atoms with Gasteiger partial charge in [0, 0.05) is 24.3 Å². The van der Waals surface area contributed by atoms with Crippen LogP contribution in [0.5, 0.6) is 0 Å². The molecule has 0 saturated carbocycles. The van der Waals surface area contributed by atoms with Gasteiger partial charge in [-0.3, -0.25) is 0 Å². The Balaban J connectivity index is 3.03. The van der Waals surface area contributed by atoms with Gasteiger partial charge in [0.25, 0.3) is 0 Å². The van der Waals surface area contributed by atoms with Gasteiger partial charge in [-0.2, -0.15) is 0 Å². The molecule has 0 fully saturated rings. The standard InChI is InChI=1S/C4H11NSi/c1-5(2)3-4-6/h3-4H,1-2,6H3. The molecule has 0 saturated heterocycles. The minimum atomic E-state index is 1.16. The quantitative estimate of drug-likeness (QED) is 0.398. The maximum absolute atomic E-state index is 2.14. The van der Waals surface area contributed by atoms with Crippen molar-refractivity contribution in [2.45, 2.75) is 0 Å². The fourth-order valence-electron chi connectivity index (χ4n) is 0.298. The normalized spacial score (nSPS) is 10.3. The van der Waals surface area contributed by atoms with Crippen LogP contribution >= 0.6 is 0 Å². The zero-order valence-electron chi connectivity index (χ0n) is 4.60. The maximum Gasteiger partial charge on any atom is 0.0310 e. The molecule has 1 nitrogen and oxygen atoms in total. The molecule has 0 bridgehead atoms. The van der Waals surface area contributed by atoms with Gasteiger partial charge in [0.15, 0.2) is 0 Å². The lowest BCUT2D eigenvalue weighted by Crippen LogP contribution is -1.99. The first-order chi connectivity index (χ1) is 2.77. The second-order valence-electron chi connectivity index (χ2n) is 1.45. The minimum absolute atomic E-state index is 1.16. The van der Waals surface area contributed by atoms with E-state index in [9.17, 15) is 0 Å². The Kier molecular flexibility index (Phi) is 2.85. The van der Waals surface area contributed by atoms with E-state index in [4.69, 9.17) is 0 Å². The topological polar surface area (TPSA) is 3.24 Å². The van der Waals surface area contributed by atoms with E-state index in [0.29, 0.717) is 0 Å². The predicted octanol–water partition coefficient (Wildman–Crippen LogP) is -0.615. The van der Waals surface area contributed by atoms with Gasteiger partial charge >= 0.3 is 0 Å². The van der Waals surface area contributed by atoms with Crippen molar-refractivity contribution in [1.82, 2.24) is 4.90 Å². The molecular weight excluding hydrogens is 90.1 g/mol. The molecule has 0 aliphatic heterocycles. The van der Waals surface area contributed by atoms with E-state index in [-0.39, 0.29) is 0 Å². The molecule has 0 amide bonds. The summed E-state index contributed by atoms with van der Waals surface area (Å²) in [6, 6.07) is 0. The lowest BCUT2D eigenvalue weighted by atomic mass is 10.9. The Morgan fingerprint density at radius 1 is 1.50 bits per heavy atom. The number of hydrogen-bond acceptors (Lipinski definition) is 1. The molecule has 6 heavy (non-hydrogen) atoms. The molecule has 0 aromatic heterocycles. The van der Waals surface area contributed by atoms with Gasteiger partial charge < -0.3 is 4.90 Å². The summed E-state index contributed by atoms with van der Waals surface area (Å²) in [6.45, 7) is 0. The van der Waals surface area contributed by atoms with Crippen molar-refractivity contribution >= 4 is 10.2 Å². The van der Waals surface area contributed by atoms with Crippen molar-refractivity contribution in [3.05, 3.63) is 11.9 Å². The van der Waals surface area contributed by atoms with Gasteiger partial charge in [-0.05, 0) is 6.20 Å². The van der Waals surface area contributed by atoms with Crippen LogP contribution in [0.1, 0.15) is 0 Å². The molecule has 0 aromatic rings. The zero-order valence-corrected chi connectivity index (χ0v) is 6.60. The molecule has 36 valence electrons. The predicted molar refractivity (Wildman–Crippen MR) is 32.8 cm³/mol. The van der Waals surface area contributed by atoms with Crippen molar-refractivity contribution in [3.63, 3.8) is 0 Å². The summed E-state index contributed by atoms with van der Waals surface area (Å²) >= 11 is 0. The second kappa shape index (κ2) is 2.97. The molecule has 0 heterocycles. The van der Waals surface area contributed by atoms with Crippen LogP contribution in [0.4, 0.5) is 0 Å². The average Bonchev–Trinajstić information content (AvgIpc) is 1.35. The molecule has 0 rings (SSSR count). The highest BCUT2D eigenvalue weighted by Gasteiger charge is 1.65. The fraction of sp³-hybridized carbons (Fsp3) is 0.500. The number of rotatable bonds is 1. The fourth-order valence-corrected chi connectivity index (χ4v) is 0.894. The van der Waals surface area contributed by atoms with E-state index in [1.807, 2.05) is 19.0 Å². The highest BCUT2D eigenvalue weighted by Crippen LogP contribution is 1.69. The van der Waals surface area contributed by atoms with Crippen LogP contribution in [-0.4, -0.2) is 29.2 Å². The van der Waals surface area contributed by atoms with E-state index in [0.717, 1.165) is 10.2 Å². The first-order valence-corrected chi connectivity index (χ1v) is 3.22. The van der Waals surface area contributed by atoms with Gasteiger partial charge in [0.2, 0.25) is 0 Å². The smallest absolute Gasteiger partial charge is 0.0310 e. The van der Waals surface area contributed by atoms with Gasteiger partial charge in [-0.1, -0.05) is 5.70 Å². The van der Waals surface area contributed by atoms with Crippen LogP contribution in [-0.2, 0) is 0 Å². The molecular formula is C4H11NSi. The van der Waals surface area contributed by atoms with Crippen LogP contribution in [0, 0.1) is 0 Å². The van der Waals surface area contributed by atoms with E-state index >= 15 is 0 Å². The maximum atomic E-state index is 2.14. The third-order valence-corrected chi connectivity index (χ3v) is 0.745. The van der Waals surface area contributed by atoms with Crippen LogP contribution in [0.15, 0.2) is 11.9 Å². The van der Waals surface area contributed by atoms with E-state index in [1.54, 1.807) is 0 Å². The van der Waals surface area contributed by atoms with Crippen molar-refractivity contribution in [2.24, 2.45) is 0 Å². The second-order valence-corrected chi connectivity index (χ2v) is 2.11. The van der Waals surface area contributed by atoms with Gasteiger partial charge in [0.05, 0.1) is 0 Å². The molecule has 0 aromatic carbocycles. The molecule has 0 aliphatic rings. The molecule has 0 radical (unpaired) electrons. The summed E-state index contributed by atoms with van der Waals surface area (Å²) < 4.78 is 0. The van der Waals surface area contributed by atoms with E-state index in [2.05, 4.69) is 11.9 Å². The lowest BCUT2D eigenvalue weighted by molar-refractivity contribution is 0.565. The summed E-state index contributed by atoms with van der Waals surface area (Å²) in [5.41, 5.74) is 2.14. The van der Waals surface area contributed by atoms with Crippen LogP contribution < -0.4 is 0 Å². The molecule has 0 spiro atoms. The number of hydrogen-bond donors (Lipinski definition) is 0. The molecule has 0 N–H and O–H groups in total. The first kappa shape index (κ1) is 5.76.